The van der Waals surface area contributed by atoms with Crippen molar-refractivity contribution < 1.29 is 0 Å². The first kappa shape index (κ1) is 17.2. The van der Waals surface area contributed by atoms with Crippen LogP contribution in [0.2, 0.25) is 0 Å². The second-order valence-electron chi connectivity index (χ2n) is 6.67. The zero-order valence-electron chi connectivity index (χ0n) is 14.0. The zero-order valence-corrected chi connectivity index (χ0v) is 14.0. The lowest BCUT2D eigenvalue weighted by molar-refractivity contribution is 0.485. The fourth-order valence-electron chi connectivity index (χ4n) is 2.77. The summed E-state index contributed by atoms with van der Waals surface area (Å²) in [5, 5.41) is 7.10. The summed E-state index contributed by atoms with van der Waals surface area (Å²) in [6, 6.07) is 11.3. The number of hydrogen-bond donors (Lipinski definition) is 2. The lowest BCUT2D eigenvalue weighted by atomic mass is 10.0. The summed E-state index contributed by atoms with van der Waals surface area (Å²) in [5.41, 5.74) is 2.83. The second-order valence-corrected chi connectivity index (χ2v) is 6.67. The molecule has 2 nitrogen and oxygen atoms in total. The fraction of sp³-hybridized carbons (Fsp3) is 0.667. The van der Waals surface area contributed by atoms with Crippen LogP contribution in [0.25, 0.3) is 0 Å². The Morgan fingerprint density at radius 1 is 0.650 bits per heavy atom. The maximum atomic E-state index is 3.55. The van der Waals surface area contributed by atoms with E-state index in [1.54, 1.807) is 0 Å². The first-order valence-corrected chi connectivity index (χ1v) is 7.96. The van der Waals surface area contributed by atoms with E-state index in [0.717, 1.165) is 12.8 Å². The van der Waals surface area contributed by atoms with Crippen LogP contribution < -0.4 is 10.6 Å². The maximum absolute atomic E-state index is 3.55. The first-order valence-electron chi connectivity index (χ1n) is 7.96. The molecule has 0 aliphatic heterocycles. The van der Waals surface area contributed by atoms with Gasteiger partial charge >= 0.3 is 0 Å². The summed E-state index contributed by atoms with van der Waals surface area (Å²) in [6.07, 6.45) is 2.19. The van der Waals surface area contributed by atoms with Gasteiger partial charge in [0.25, 0.3) is 0 Å². The van der Waals surface area contributed by atoms with Gasteiger partial charge in [0.2, 0.25) is 0 Å². The predicted octanol–water partition coefficient (Wildman–Crippen LogP) is 3.54. The van der Waals surface area contributed by atoms with Crippen LogP contribution in [-0.4, -0.2) is 24.2 Å². The Morgan fingerprint density at radius 2 is 0.950 bits per heavy atom. The summed E-state index contributed by atoms with van der Waals surface area (Å²) >= 11 is 0. The molecule has 0 saturated heterocycles. The Kier molecular flexibility index (Phi) is 7.25. The summed E-state index contributed by atoms with van der Waals surface area (Å²) < 4.78 is 0. The van der Waals surface area contributed by atoms with Crippen molar-refractivity contribution >= 4 is 0 Å². The highest BCUT2D eigenvalue weighted by molar-refractivity contribution is 5.24. The standard InChI is InChI=1S/C18H32N2/c1-13(2)19-15(5)11-17-7-9-18(10-8-17)12-16(6)20-14(3)4/h7-10,13-16,19-20H,11-12H2,1-6H3. The highest BCUT2D eigenvalue weighted by Gasteiger charge is 2.07. The summed E-state index contributed by atoms with van der Waals surface area (Å²) in [6.45, 7) is 13.3. The first-order chi connectivity index (χ1) is 9.36. The SMILES string of the molecule is CC(C)NC(C)Cc1ccc(CC(C)NC(C)C)cc1. The van der Waals surface area contributed by atoms with Gasteiger partial charge in [-0.2, -0.15) is 0 Å². The smallest absolute Gasteiger partial charge is 0.00815 e. The minimum Gasteiger partial charge on any atom is -0.312 e. The van der Waals surface area contributed by atoms with Gasteiger partial charge in [0.1, 0.15) is 0 Å². The van der Waals surface area contributed by atoms with Crippen LogP contribution in [-0.2, 0) is 12.8 Å². The summed E-state index contributed by atoms with van der Waals surface area (Å²) in [5.74, 6) is 0. The van der Waals surface area contributed by atoms with Crippen LogP contribution in [0.3, 0.4) is 0 Å². The molecule has 2 N–H and O–H groups in total. The third kappa shape index (κ3) is 7.06. The molecule has 0 aliphatic carbocycles. The number of rotatable bonds is 8. The highest BCUT2D eigenvalue weighted by Crippen LogP contribution is 2.09. The molecule has 0 radical (unpaired) electrons. The van der Waals surface area contributed by atoms with Crippen LogP contribution in [0.1, 0.15) is 52.7 Å². The van der Waals surface area contributed by atoms with E-state index in [1.165, 1.54) is 11.1 Å². The highest BCUT2D eigenvalue weighted by atomic mass is 14.9. The number of benzene rings is 1. The Balaban J connectivity index is 2.47. The Labute approximate surface area is 125 Å². The van der Waals surface area contributed by atoms with Gasteiger partial charge in [-0.25, -0.2) is 0 Å². The van der Waals surface area contributed by atoms with E-state index >= 15 is 0 Å². The molecule has 1 aromatic carbocycles. The monoisotopic (exact) mass is 276 g/mol. The quantitative estimate of drug-likeness (QED) is 0.759. The topological polar surface area (TPSA) is 24.1 Å². The van der Waals surface area contributed by atoms with Crippen molar-refractivity contribution in [2.24, 2.45) is 0 Å². The van der Waals surface area contributed by atoms with Crippen LogP contribution in [0, 0.1) is 0 Å². The molecule has 0 aromatic heterocycles. The third-order valence-corrected chi connectivity index (χ3v) is 3.34. The zero-order chi connectivity index (χ0) is 15.1. The fourth-order valence-corrected chi connectivity index (χ4v) is 2.77. The molecule has 2 unspecified atom stereocenters. The van der Waals surface area contributed by atoms with Crippen molar-refractivity contribution in [3.8, 4) is 0 Å². The molecule has 0 bridgehead atoms. The van der Waals surface area contributed by atoms with Crippen molar-refractivity contribution in [2.45, 2.75) is 78.6 Å². The van der Waals surface area contributed by atoms with E-state index in [9.17, 15) is 0 Å². The Morgan fingerprint density at radius 3 is 1.20 bits per heavy atom. The summed E-state index contributed by atoms with van der Waals surface area (Å²) in [4.78, 5) is 0. The molecule has 114 valence electrons. The molecule has 1 rings (SSSR count). The minimum atomic E-state index is 0.530. The molecule has 0 spiro atoms. The van der Waals surface area contributed by atoms with Gasteiger partial charge < -0.3 is 10.6 Å². The molecule has 2 atom stereocenters. The van der Waals surface area contributed by atoms with E-state index in [-0.39, 0.29) is 0 Å². The average Bonchev–Trinajstić information content (AvgIpc) is 2.29. The van der Waals surface area contributed by atoms with Gasteiger partial charge in [-0.15, -0.1) is 0 Å². The number of nitrogens with one attached hydrogen (secondary N) is 2. The van der Waals surface area contributed by atoms with Gasteiger partial charge in [0.15, 0.2) is 0 Å². The van der Waals surface area contributed by atoms with Crippen LogP contribution >= 0.6 is 0 Å². The third-order valence-electron chi connectivity index (χ3n) is 3.34. The van der Waals surface area contributed by atoms with Crippen LogP contribution in [0.15, 0.2) is 24.3 Å². The largest absolute Gasteiger partial charge is 0.312 e. The van der Waals surface area contributed by atoms with Gasteiger partial charge in [-0.3, -0.25) is 0 Å². The molecule has 2 heteroatoms. The molecule has 0 heterocycles. The van der Waals surface area contributed by atoms with E-state index in [1.807, 2.05) is 0 Å². The van der Waals surface area contributed by atoms with Gasteiger partial charge in [-0.1, -0.05) is 52.0 Å². The maximum Gasteiger partial charge on any atom is 0.00815 e. The van der Waals surface area contributed by atoms with Crippen molar-refractivity contribution in [1.29, 1.82) is 0 Å². The molecule has 0 amide bonds. The average molecular weight is 276 g/mol. The van der Waals surface area contributed by atoms with Crippen LogP contribution in [0.4, 0.5) is 0 Å². The van der Waals surface area contributed by atoms with Crippen molar-refractivity contribution in [3.63, 3.8) is 0 Å². The van der Waals surface area contributed by atoms with Gasteiger partial charge in [0, 0.05) is 24.2 Å². The van der Waals surface area contributed by atoms with Crippen molar-refractivity contribution in [3.05, 3.63) is 35.4 Å². The normalized spacial score (nSPS) is 14.8. The lowest BCUT2D eigenvalue weighted by Gasteiger charge is -2.18. The van der Waals surface area contributed by atoms with E-state index in [2.05, 4.69) is 76.4 Å². The molecule has 0 saturated carbocycles. The molecule has 0 aliphatic rings. The molecular formula is C18H32N2. The van der Waals surface area contributed by atoms with Crippen LogP contribution in [0.5, 0.6) is 0 Å². The predicted molar refractivity (Wildman–Crippen MR) is 89.3 cm³/mol. The van der Waals surface area contributed by atoms with Crippen molar-refractivity contribution in [1.82, 2.24) is 10.6 Å². The van der Waals surface area contributed by atoms with Crippen molar-refractivity contribution in [2.75, 3.05) is 0 Å². The lowest BCUT2D eigenvalue weighted by Crippen LogP contribution is -2.34. The second kappa shape index (κ2) is 8.43. The molecule has 20 heavy (non-hydrogen) atoms. The number of hydrogen-bond acceptors (Lipinski definition) is 2. The van der Waals surface area contributed by atoms with Gasteiger partial charge in [-0.05, 0) is 37.8 Å². The van der Waals surface area contributed by atoms with E-state index in [0.29, 0.717) is 24.2 Å². The molecular weight excluding hydrogens is 244 g/mol. The van der Waals surface area contributed by atoms with E-state index in [4.69, 9.17) is 0 Å². The summed E-state index contributed by atoms with van der Waals surface area (Å²) in [7, 11) is 0. The van der Waals surface area contributed by atoms with E-state index < -0.39 is 0 Å². The Hall–Kier alpha value is -0.860. The Bertz CT molecular complexity index is 331. The van der Waals surface area contributed by atoms with Gasteiger partial charge in [0.05, 0.1) is 0 Å². The minimum absolute atomic E-state index is 0.530. The molecule has 1 aromatic rings. The molecule has 0 fully saturated rings.